The average Bonchev–Trinajstić information content (AvgIpc) is 4.08. The number of benzene rings is 2. The van der Waals surface area contributed by atoms with Crippen LogP contribution in [0.2, 0.25) is 5.02 Å². The van der Waals surface area contributed by atoms with E-state index in [0.717, 1.165) is 5.39 Å². The van der Waals surface area contributed by atoms with Gasteiger partial charge in [-0.15, -0.1) is 0 Å². The van der Waals surface area contributed by atoms with Crippen molar-refractivity contribution in [2.24, 2.45) is 25.9 Å². The lowest BCUT2D eigenvalue weighted by Crippen LogP contribution is -2.60. The number of piperidine rings is 2. The number of fused-ring (bicyclic) bond motifs is 4. The molecule has 1 unspecified atom stereocenters. The number of nitrogens with one attached hydrogen (secondary N) is 3. The molecular formula is C44H47ClF5N11O4. The third kappa shape index (κ3) is 8.16. The van der Waals surface area contributed by atoms with Crippen molar-refractivity contribution in [2.45, 2.75) is 68.6 Å². The van der Waals surface area contributed by atoms with Crippen molar-refractivity contribution in [3.05, 3.63) is 63.7 Å². The number of ether oxygens (including phenoxy) is 1. The monoisotopic (exact) mass is 923 g/mol. The topological polar surface area (TPSA) is 155 Å². The summed E-state index contributed by atoms with van der Waals surface area (Å²) in [6, 6.07) is 7.71. The van der Waals surface area contributed by atoms with Gasteiger partial charge in [-0.2, -0.15) is 23.3 Å². The molecule has 7 heterocycles. The van der Waals surface area contributed by atoms with Crippen LogP contribution in [0.1, 0.15) is 50.1 Å². The molecule has 5 aliphatic rings. The number of nitrogens with zero attached hydrogens (tertiary/aromatic N) is 8. The van der Waals surface area contributed by atoms with Gasteiger partial charge >= 0.3 is 12.1 Å². The predicted octanol–water partition coefficient (Wildman–Crippen LogP) is 6.32. The van der Waals surface area contributed by atoms with Gasteiger partial charge in [0.2, 0.25) is 23.5 Å². The fourth-order valence-corrected chi connectivity index (χ4v) is 10.1. The summed E-state index contributed by atoms with van der Waals surface area (Å²) >= 11 is 6.59. The second-order valence-corrected chi connectivity index (χ2v) is 18.4. The molecule has 1 saturated carbocycles. The molecule has 65 heavy (non-hydrogen) atoms. The fraction of sp³-hybridized carbons (Fsp3) is 0.500. The van der Waals surface area contributed by atoms with Gasteiger partial charge < -0.3 is 29.7 Å². The highest BCUT2D eigenvalue weighted by Gasteiger charge is 2.51. The average molecular weight is 924 g/mol. The van der Waals surface area contributed by atoms with Crippen molar-refractivity contribution in [1.82, 2.24) is 34.5 Å². The van der Waals surface area contributed by atoms with Crippen LogP contribution >= 0.6 is 11.6 Å². The van der Waals surface area contributed by atoms with Crippen molar-refractivity contribution in [2.75, 3.05) is 66.3 Å². The lowest BCUT2D eigenvalue weighted by Gasteiger charge is -2.45. The zero-order valence-corrected chi connectivity index (χ0v) is 36.4. The molecule has 0 radical (unpaired) electrons. The SMILES string of the molecule is Cn1nc(C2CCC(=O)NC2=O)c2ccc(N3CCN(CC4CCN(c5ncc(Cl)c(Nc6ccc7c(c6)c6c(c(=O)n7C)OCC(F)(F)[C@H](C7CC7)N6)n5)CC4)[C@H](C(F)(F)F)C3)cc21. The van der Waals surface area contributed by atoms with Gasteiger partial charge in [-0.1, -0.05) is 11.6 Å². The number of amides is 2. The predicted molar refractivity (Wildman–Crippen MR) is 234 cm³/mol. The van der Waals surface area contributed by atoms with Gasteiger partial charge in [-0.3, -0.25) is 29.3 Å². The van der Waals surface area contributed by atoms with Crippen molar-refractivity contribution in [3.8, 4) is 5.75 Å². The maximum Gasteiger partial charge on any atom is 0.405 e. The van der Waals surface area contributed by atoms with E-state index in [1.807, 2.05) is 11.0 Å². The highest BCUT2D eigenvalue weighted by Crippen LogP contribution is 2.46. The lowest BCUT2D eigenvalue weighted by molar-refractivity contribution is -0.186. The Balaban J connectivity index is 0.801. The number of rotatable bonds is 8. The van der Waals surface area contributed by atoms with Crippen molar-refractivity contribution < 1.29 is 36.3 Å². The number of imide groups is 1. The van der Waals surface area contributed by atoms with Crippen LogP contribution in [-0.2, 0) is 23.7 Å². The molecule has 15 nitrogen and oxygen atoms in total. The molecule has 2 amide bonds. The fourth-order valence-electron chi connectivity index (χ4n) is 9.93. The second kappa shape index (κ2) is 16.3. The Hall–Kier alpha value is -5.76. The van der Waals surface area contributed by atoms with Crippen LogP contribution in [0.4, 0.5) is 50.8 Å². The van der Waals surface area contributed by atoms with E-state index in [1.54, 1.807) is 58.9 Å². The van der Waals surface area contributed by atoms with E-state index >= 15 is 8.78 Å². The Labute approximate surface area is 374 Å². The van der Waals surface area contributed by atoms with Crippen LogP contribution in [0, 0.1) is 11.8 Å². The minimum atomic E-state index is -4.46. The minimum absolute atomic E-state index is 0.00443. The van der Waals surface area contributed by atoms with Crippen LogP contribution in [0.15, 0.2) is 47.4 Å². The first kappa shape index (κ1) is 43.1. The van der Waals surface area contributed by atoms with Gasteiger partial charge in [0.25, 0.3) is 5.56 Å². The summed E-state index contributed by atoms with van der Waals surface area (Å²) < 4.78 is 83.2. The van der Waals surface area contributed by atoms with Crippen LogP contribution < -0.4 is 36.0 Å². The van der Waals surface area contributed by atoms with Crippen molar-refractivity contribution in [3.63, 3.8) is 0 Å². The molecular weight excluding hydrogens is 877 g/mol. The van der Waals surface area contributed by atoms with Gasteiger partial charge in [0.1, 0.15) is 11.1 Å². The first-order chi connectivity index (χ1) is 31.0. The lowest BCUT2D eigenvalue weighted by atomic mass is 9.92. The minimum Gasteiger partial charge on any atom is -0.480 e. The Morgan fingerprint density at radius 3 is 2.46 bits per heavy atom. The van der Waals surface area contributed by atoms with Crippen LogP contribution in [0.25, 0.3) is 21.8 Å². The number of alkyl halides is 5. The van der Waals surface area contributed by atoms with Gasteiger partial charge in [0, 0.05) is 81.9 Å². The smallest absolute Gasteiger partial charge is 0.405 e. The number of aryl methyl sites for hydroxylation is 2. The molecule has 3 N–H and O–H groups in total. The molecule has 4 aliphatic heterocycles. The first-order valence-corrected chi connectivity index (χ1v) is 22.2. The molecule has 2 aromatic carbocycles. The third-order valence-electron chi connectivity index (χ3n) is 13.7. The van der Waals surface area contributed by atoms with E-state index in [2.05, 4.69) is 26.0 Å². The molecule has 4 fully saturated rings. The Morgan fingerprint density at radius 1 is 0.938 bits per heavy atom. The van der Waals surface area contributed by atoms with Crippen molar-refractivity contribution in [1.29, 1.82) is 0 Å². The quantitative estimate of drug-likeness (QED) is 0.118. The number of halogens is 6. The van der Waals surface area contributed by atoms with Crippen LogP contribution in [0.3, 0.4) is 0 Å². The number of carbonyl (C=O) groups excluding carboxylic acids is 2. The zero-order valence-electron chi connectivity index (χ0n) is 35.6. The molecule has 5 aromatic rings. The summed E-state index contributed by atoms with van der Waals surface area (Å²) in [4.78, 5) is 52.1. The third-order valence-corrected chi connectivity index (χ3v) is 13.9. The highest BCUT2D eigenvalue weighted by atomic mass is 35.5. The maximum atomic E-state index is 15.2. The molecule has 344 valence electrons. The molecule has 3 saturated heterocycles. The highest BCUT2D eigenvalue weighted by molar-refractivity contribution is 6.33. The Bertz CT molecular complexity index is 2770. The molecule has 3 atom stereocenters. The van der Waals surface area contributed by atoms with Gasteiger partial charge in [0.15, 0.2) is 12.4 Å². The molecule has 0 spiro atoms. The molecule has 1 aliphatic carbocycles. The molecule has 21 heteroatoms. The number of piperazine rings is 1. The van der Waals surface area contributed by atoms with E-state index in [-0.39, 0.29) is 60.3 Å². The standard InChI is InChI=1S/C44H47ClF5N11O4/c1-57-31-9-5-25(17-29(31)36-37(41(57)64)65-22-43(46,47)38(54-36)24-3-4-24)52-39-30(45)19-51-42(55-39)59-13-11-23(12-14-59)20-61-16-15-60(21-33(61)44(48,49)50)26-6-7-27-32(18-26)58(2)56-35(27)28-8-10-34(62)53-40(28)63/h5-7,9,17-19,23-24,28,33,38,54H,3-4,8,10-16,20-22H2,1-2H3,(H,51,52,55)(H,53,62,63)/t28?,33-,38-/m0/s1. The Kier molecular flexibility index (Phi) is 10.8. The van der Waals surface area contributed by atoms with Crippen molar-refractivity contribution >= 4 is 74.0 Å². The molecule has 0 bridgehead atoms. The van der Waals surface area contributed by atoms with E-state index in [9.17, 15) is 27.6 Å². The molecule has 10 rings (SSSR count). The summed E-state index contributed by atoms with van der Waals surface area (Å²) in [5, 5.41) is 14.6. The van der Waals surface area contributed by atoms with Crippen LogP contribution in [0.5, 0.6) is 5.75 Å². The Morgan fingerprint density at radius 2 is 1.72 bits per heavy atom. The first-order valence-electron chi connectivity index (χ1n) is 21.9. The van der Waals surface area contributed by atoms with E-state index < -0.39 is 48.2 Å². The maximum absolute atomic E-state index is 15.2. The number of hydrogen-bond donors (Lipinski definition) is 3. The number of aromatic nitrogens is 5. The van der Waals surface area contributed by atoms with E-state index in [1.165, 1.54) is 10.8 Å². The van der Waals surface area contributed by atoms with Gasteiger partial charge in [-0.25, -0.2) is 13.8 Å². The zero-order chi connectivity index (χ0) is 45.5. The largest absolute Gasteiger partial charge is 0.480 e. The second-order valence-electron chi connectivity index (χ2n) is 17.9. The summed E-state index contributed by atoms with van der Waals surface area (Å²) in [5.41, 5.74) is 2.61. The summed E-state index contributed by atoms with van der Waals surface area (Å²) in [5.74, 6) is -4.19. The van der Waals surface area contributed by atoms with Gasteiger partial charge in [-0.05, 0) is 80.3 Å². The summed E-state index contributed by atoms with van der Waals surface area (Å²) in [6.45, 7) is 0.785. The number of carbonyl (C=O) groups is 2. The number of pyridine rings is 1. The molecule has 3 aromatic heterocycles. The van der Waals surface area contributed by atoms with Crippen LogP contribution in [-0.4, -0.2) is 111 Å². The normalized spacial score (nSPS) is 23.2. The number of hydrogen-bond acceptors (Lipinski definition) is 12. The van der Waals surface area contributed by atoms with Gasteiger partial charge in [0.05, 0.1) is 40.6 Å². The number of anilines is 5. The summed E-state index contributed by atoms with van der Waals surface area (Å²) in [6.07, 6.45) is 0.123. The van der Waals surface area contributed by atoms with E-state index in [4.69, 9.17) is 21.3 Å². The summed E-state index contributed by atoms with van der Waals surface area (Å²) in [7, 11) is 3.29. The van der Waals surface area contributed by atoms with E-state index in [0.29, 0.717) is 97.0 Å².